The lowest BCUT2D eigenvalue weighted by Gasteiger charge is -2.07. The van der Waals surface area contributed by atoms with E-state index in [-0.39, 0.29) is 12.0 Å². The van der Waals surface area contributed by atoms with Gasteiger partial charge in [0.1, 0.15) is 5.83 Å². The van der Waals surface area contributed by atoms with Gasteiger partial charge in [-0.1, -0.05) is 54.7 Å². The molecule has 1 aliphatic rings. The monoisotopic (exact) mass is 301 g/mol. The van der Waals surface area contributed by atoms with Gasteiger partial charge in [-0.2, -0.15) is 0 Å². The molecule has 0 unspecified atom stereocenters. The van der Waals surface area contributed by atoms with E-state index in [0.717, 1.165) is 12.8 Å². The van der Waals surface area contributed by atoms with Gasteiger partial charge in [0.2, 0.25) is 0 Å². The number of halogens is 1. The highest BCUT2D eigenvalue weighted by atomic mass is 19.1. The molecule has 0 saturated carbocycles. The first kappa shape index (κ1) is 17.9. The van der Waals surface area contributed by atoms with E-state index in [0.29, 0.717) is 6.54 Å². The Morgan fingerprint density at radius 3 is 2.86 bits per heavy atom. The second-order valence-corrected chi connectivity index (χ2v) is 5.10. The summed E-state index contributed by atoms with van der Waals surface area (Å²) < 4.78 is 13.9. The molecule has 0 spiro atoms. The number of nitrogens with one attached hydrogen (secondary N) is 1. The van der Waals surface area contributed by atoms with E-state index in [1.807, 2.05) is 6.92 Å². The molecule has 0 heterocycles. The van der Waals surface area contributed by atoms with Gasteiger partial charge in [0.25, 0.3) is 5.91 Å². The fraction of sp³-hybridized carbons (Fsp3) is 0.316. The van der Waals surface area contributed by atoms with Crippen molar-refractivity contribution < 1.29 is 9.18 Å². The molecule has 1 rings (SSSR count). The SMILES string of the molecule is C=C/C(C(=O)NCCC1=CCC=C(C)C=C1)=C(/F)C/C=C\C. The third kappa shape index (κ3) is 6.08. The van der Waals surface area contributed by atoms with Crippen LogP contribution in [-0.4, -0.2) is 12.5 Å². The maximum atomic E-state index is 13.9. The lowest BCUT2D eigenvalue weighted by atomic mass is 10.1. The molecule has 0 saturated heterocycles. The van der Waals surface area contributed by atoms with Crippen LogP contribution in [0.15, 0.2) is 71.7 Å². The second-order valence-electron chi connectivity index (χ2n) is 5.10. The Hall–Kier alpha value is -2.16. The van der Waals surface area contributed by atoms with Crippen LogP contribution in [-0.2, 0) is 4.79 Å². The molecule has 1 N–H and O–H groups in total. The van der Waals surface area contributed by atoms with Crippen molar-refractivity contribution in [2.24, 2.45) is 0 Å². The van der Waals surface area contributed by atoms with Crippen molar-refractivity contribution in [1.82, 2.24) is 5.32 Å². The first-order valence-corrected chi connectivity index (χ1v) is 7.52. The van der Waals surface area contributed by atoms with Crippen molar-refractivity contribution in [2.45, 2.75) is 33.1 Å². The number of allylic oxidation sites excluding steroid dienone is 8. The van der Waals surface area contributed by atoms with Crippen molar-refractivity contribution in [2.75, 3.05) is 6.54 Å². The summed E-state index contributed by atoms with van der Waals surface area (Å²) in [4.78, 5) is 12.0. The summed E-state index contributed by atoms with van der Waals surface area (Å²) in [7, 11) is 0. The number of rotatable bonds is 7. The molecular weight excluding hydrogens is 277 g/mol. The number of carbonyl (C=O) groups excluding carboxylic acids is 1. The van der Waals surface area contributed by atoms with Crippen molar-refractivity contribution in [1.29, 1.82) is 0 Å². The molecular formula is C19H24FNO. The lowest BCUT2D eigenvalue weighted by Crippen LogP contribution is -2.26. The predicted molar refractivity (Wildman–Crippen MR) is 91.0 cm³/mol. The van der Waals surface area contributed by atoms with Crippen LogP contribution in [0.4, 0.5) is 4.39 Å². The Morgan fingerprint density at radius 1 is 1.41 bits per heavy atom. The van der Waals surface area contributed by atoms with Gasteiger partial charge in [-0.05, 0) is 32.3 Å². The van der Waals surface area contributed by atoms with Crippen LogP contribution < -0.4 is 5.32 Å². The molecule has 2 nitrogen and oxygen atoms in total. The van der Waals surface area contributed by atoms with Gasteiger partial charge in [-0.15, -0.1) is 0 Å². The van der Waals surface area contributed by atoms with Crippen molar-refractivity contribution in [3.63, 3.8) is 0 Å². The number of hydrogen-bond donors (Lipinski definition) is 1. The van der Waals surface area contributed by atoms with E-state index in [4.69, 9.17) is 0 Å². The standard InChI is InChI=1S/C19H24FNO/c1-4-6-10-18(20)17(5-2)19(22)21-14-13-16-9-7-8-15(3)11-12-16/h4-6,8-9,11-12H,2,7,10,13-14H2,1,3H3,(H,21,22)/b6-4-,18-17-. The van der Waals surface area contributed by atoms with E-state index in [1.54, 1.807) is 12.2 Å². The summed E-state index contributed by atoms with van der Waals surface area (Å²) >= 11 is 0. The molecule has 0 aromatic rings. The summed E-state index contributed by atoms with van der Waals surface area (Å²) in [5, 5.41) is 2.75. The largest absolute Gasteiger partial charge is 0.352 e. The Bertz CT molecular complexity index is 562. The quantitative estimate of drug-likeness (QED) is 0.412. The van der Waals surface area contributed by atoms with Gasteiger partial charge in [0.15, 0.2) is 0 Å². The summed E-state index contributed by atoms with van der Waals surface area (Å²) in [6.07, 6.45) is 14.8. The Labute approximate surface area is 132 Å². The average molecular weight is 301 g/mol. The van der Waals surface area contributed by atoms with Gasteiger partial charge >= 0.3 is 0 Å². The van der Waals surface area contributed by atoms with Gasteiger partial charge in [0.05, 0.1) is 5.57 Å². The predicted octanol–water partition coefficient (Wildman–Crippen LogP) is 4.70. The molecule has 0 aromatic heterocycles. The molecule has 0 atom stereocenters. The second kappa shape index (κ2) is 9.72. The highest BCUT2D eigenvalue weighted by Crippen LogP contribution is 2.14. The fourth-order valence-corrected chi connectivity index (χ4v) is 2.03. The maximum absolute atomic E-state index is 13.9. The van der Waals surface area contributed by atoms with Gasteiger partial charge in [-0.25, -0.2) is 4.39 Å². The molecule has 0 fully saturated rings. The highest BCUT2D eigenvalue weighted by Gasteiger charge is 2.11. The van der Waals surface area contributed by atoms with Crippen LogP contribution in [0.2, 0.25) is 0 Å². The molecule has 118 valence electrons. The van der Waals surface area contributed by atoms with E-state index < -0.39 is 11.7 Å². The van der Waals surface area contributed by atoms with Crippen molar-refractivity contribution in [3.8, 4) is 0 Å². The zero-order valence-corrected chi connectivity index (χ0v) is 13.4. The van der Waals surface area contributed by atoms with Crippen LogP contribution in [0.25, 0.3) is 0 Å². The lowest BCUT2D eigenvalue weighted by molar-refractivity contribution is -0.117. The topological polar surface area (TPSA) is 29.1 Å². The smallest absolute Gasteiger partial charge is 0.253 e. The zero-order chi connectivity index (χ0) is 16.4. The Morgan fingerprint density at radius 2 is 2.18 bits per heavy atom. The number of hydrogen-bond acceptors (Lipinski definition) is 1. The molecule has 1 aliphatic carbocycles. The van der Waals surface area contributed by atoms with Gasteiger partial charge in [0, 0.05) is 13.0 Å². The van der Waals surface area contributed by atoms with Crippen LogP contribution in [0, 0.1) is 0 Å². The minimum Gasteiger partial charge on any atom is -0.352 e. The van der Waals surface area contributed by atoms with E-state index in [9.17, 15) is 9.18 Å². The van der Waals surface area contributed by atoms with Gasteiger partial charge < -0.3 is 5.32 Å². The van der Waals surface area contributed by atoms with Crippen molar-refractivity contribution >= 4 is 5.91 Å². The van der Waals surface area contributed by atoms with Gasteiger partial charge in [-0.3, -0.25) is 4.79 Å². The van der Waals surface area contributed by atoms with Crippen LogP contribution in [0.3, 0.4) is 0 Å². The van der Waals surface area contributed by atoms with E-state index >= 15 is 0 Å². The first-order chi connectivity index (χ1) is 10.6. The van der Waals surface area contributed by atoms with Crippen molar-refractivity contribution in [3.05, 3.63) is 71.7 Å². The number of amides is 1. The highest BCUT2D eigenvalue weighted by molar-refractivity contribution is 5.96. The Kier molecular flexibility index (Phi) is 7.90. The molecule has 0 radical (unpaired) electrons. The third-order valence-corrected chi connectivity index (χ3v) is 3.35. The number of carbonyl (C=O) groups is 1. The van der Waals surface area contributed by atoms with Crippen LogP contribution in [0.5, 0.6) is 0 Å². The summed E-state index contributed by atoms with van der Waals surface area (Å²) in [5.74, 6) is -0.872. The molecule has 0 bridgehead atoms. The average Bonchev–Trinajstić information content (AvgIpc) is 2.70. The first-order valence-electron chi connectivity index (χ1n) is 7.52. The minimum absolute atomic E-state index is 0.0148. The summed E-state index contributed by atoms with van der Waals surface area (Å²) in [6.45, 7) is 7.86. The van der Waals surface area contributed by atoms with E-state index in [1.165, 1.54) is 17.2 Å². The molecule has 0 aromatic carbocycles. The minimum atomic E-state index is -0.459. The summed E-state index contributed by atoms with van der Waals surface area (Å²) in [5.41, 5.74) is 2.42. The molecule has 22 heavy (non-hydrogen) atoms. The fourth-order valence-electron chi connectivity index (χ4n) is 2.03. The normalized spacial score (nSPS) is 15.8. The molecule has 3 heteroatoms. The Balaban J connectivity index is 2.53. The van der Waals surface area contributed by atoms with E-state index in [2.05, 4.69) is 43.1 Å². The zero-order valence-electron chi connectivity index (χ0n) is 13.4. The molecule has 1 amide bonds. The molecule has 0 aliphatic heterocycles. The maximum Gasteiger partial charge on any atom is 0.253 e. The summed E-state index contributed by atoms with van der Waals surface area (Å²) in [6, 6.07) is 0. The van der Waals surface area contributed by atoms with Crippen LogP contribution in [0.1, 0.15) is 33.1 Å². The van der Waals surface area contributed by atoms with Crippen LogP contribution >= 0.6 is 0 Å². The third-order valence-electron chi connectivity index (χ3n) is 3.35.